The molecular weight excluding hydrogens is 312 g/mol. The second kappa shape index (κ2) is 9.03. The van der Waals surface area contributed by atoms with Crippen LogP contribution in [0.3, 0.4) is 0 Å². The highest BCUT2D eigenvalue weighted by Gasteiger charge is 2.21. The van der Waals surface area contributed by atoms with Gasteiger partial charge in [0.2, 0.25) is 15.9 Å². The Morgan fingerprint density at radius 3 is 2.17 bits per heavy atom. The van der Waals surface area contributed by atoms with Crippen LogP contribution >= 0.6 is 0 Å². The van der Waals surface area contributed by atoms with Gasteiger partial charge in [-0.05, 0) is 30.0 Å². The number of nitrogens with zero attached hydrogens (tertiary/aromatic N) is 1. The quantitative estimate of drug-likeness (QED) is 0.751. The van der Waals surface area contributed by atoms with E-state index in [9.17, 15) is 13.2 Å². The Bertz CT molecular complexity index is 591. The van der Waals surface area contributed by atoms with Gasteiger partial charge in [-0.25, -0.2) is 8.42 Å². The molecule has 1 rings (SSSR count). The predicted molar refractivity (Wildman–Crippen MR) is 92.7 cm³/mol. The average molecular weight is 340 g/mol. The Morgan fingerprint density at radius 2 is 1.70 bits per heavy atom. The lowest BCUT2D eigenvalue weighted by molar-refractivity contribution is -0.121. The minimum Gasteiger partial charge on any atom is -0.356 e. The van der Waals surface area contributed by atoms with E-state index in [1.807, 2.05) is 13.8 Å². The number of carbonyl (C=O) groups is 1. The number of amides is 1. The normalized spacial score (nSPS) is 11.9. The van der Waals surface area contributed by atoms with Crippen LogP contribution in [0.25, 0.3) is 0 Å². The molecule has 23 heavy (non-hydrogen) atoms. The number of nitrogens with one attached hydrogen (secondary N) is 1. The highest BCUT2D eigenvalue weighted by Crippen LogP contribution is 2.16. The molecule has 130 valence electrons. The maximum absolute atomic E-state index is 12.4. The molecule has 6 heteroatoms. The fourth-order valence-corrected chi connectivity index (χ4v) is 3.66. The van der Waals surface area contributed by atoms with Crippen LogP contribution in [0.5, 0.6) is 0 Å². The molecule has 0 atom stereocenters. The van der Waals surface area contributed by atoms with Gasteiger partial charge in [0.1, 0.15) is 0 Å². The summed E-state index contributed by atoms with van der Waals surface area (Å²) in [5.74, 6) is 0.460. The van der Waals surface area contributed by atoms with Crippen LogP contribution in [-0.2, 0) is 21.2 Å². The third-order valence-electron chi connectivity index (χ3n) is 3.61. The summed E-state index contributed by atoms with van der Waals surface area (Å²) < 4.78 is 26.2. The van der Waals surface area contributed by atoms with Gasteiger partial charge in [-0.2, -0.15) is 4.31 Å². The third kappa shape index (κ3) is 5.95. The summed E-state index contributed by atoms with van der Waals surface area (Å²) in [6.45, 7) is 9.34. The van der Waals surface area contributed by atoms with E-state index in [1.165, 1.54) is 4.31 Å². The largest absolute Gasteiger partial charge is 0.356 e. The van der Waals surface area contributed by atoms with Gasteiger partial charge >= 0.3 is 0 Å². The summed E-state index contributed by atoms with van der Waals surface area (Å²) in [5, 5.41) is 2.88. The Morgan fingerprint density at radius 1 is 1.13 bits per heavy atom. The first-order valence-corrected chi connectivity index (χ1v) is 9.61. The van der Waals surface area contributed by atoms with Gasteiger partial charge < -0.3 is 5.32 Å². The molecular formula is C17H28N2O3S. The maximum Gasteiger partial charge on any atom is 0.243 e. The van der Waals surface area contributed by atoms with Crippen LogP contribution in [-0.4, -0.2) is 38.3 Å². The van der Waals surface area contributed by atoms with E-state index in [0.717, 1.165) is 5.56 Å². The monoisotopic (exact) mass is 340 g/mol. The van der Waals surface area contributed by atoms with Crippen LogP contribution in [0.15, 0.2) is 29.2 Å². The molecule has 0 radical (unpaired) electrons. The molecule has 0 saturated heterocycles. The molecule has 0 spiro atoms. The smallest absolute Gasteiger partial charge is 0.243 e. The lowest BCUT2D eigenvalue weighted by atomic mass is 10.1. The summed E-state index contributed by atoms with van der Waals surface area (Å²) in [6, 6.07) is 6.81. The zero-order valence-corrected chi connectivity index (χ0v) is 15.3. The first-order chi connectivity index (χ1) is 10.8. The Labute approximate surface area is 140 Å². The number of sulfonamides is 1. The predicted octanol–water partition coefficient (Wildman–Crippen LogP) is 2.42. The van der Waals surface area contributed by atoms with Crippen LogP contribution < -0.4 is 5.32 Å². The molecule has 1 aromatic carbocycles. The van der Waals surface area contributed by atoms with Crippen molar-refractivity contribution in [2.45, 2.75) is 45.4 Å². The molecule has 0 heterocycles. The van der Waals surface area contributed by atoms with E-state index in [4.69, 9.17) is 0 Å². The molecule has 0 aromatic heterocycles. The van der Waals surface area contributed by atoms with Crippen LogP contribution in [0, 0.1) is 5.92 Å². The fraction of sp³-hybridized carbons (Fsp3) is 0.588. The number of aryl methyl sites for hydroxylation is 1. The first-order valence-electron chi connectivity index (χ1n) is 8.17. The van der Waals surface area contributed by atoms with Gasteiger partial charge in [0.15, 0.2) is 0 Å². The van der Waals surface area contributed by atoms with Crippen LogP contribution in [0.2, 0.25) is 0 Å². The van der Waals surface area contributed by atoms with Crippen molar-refractivity contribution in [3.05, 3.63) is 29.8 Å². The molecule has 0 unspecified atom stereocenters. The van der Waals surface area contributed by atoms with Crippen molar-refractivity contribution in [1.82, 2.24) is 9.62 Å². The summed E-state index contributed by atoms with van der Waals surface area (Å²) in [7, 11) is -3.41. The Balaban J connectivity index is 2.65. The molecule has 0 aliphatic heterocycles. The van der Waals surface area contributed by atoms with E-state index in [-0.39, 0.29) is 5.91 Å². The molecule has 1 aromatic rings. The van der Waals surface area contributed by atoms with Gasteiger partial charge in [-0.15, -0.1) is 0 Å². The van der Waals surface area contributed by atoms with E-state index >= 15 is 0 Å². The van der Waals surface area contributed by atoms with Crippen molar-refractivity contribution in [3.8, 4) is 0 Å². The van der Waals surface area contributed by atoms with Gasteiger partial charge in [0.25, 0.3) is 0 Å². The number of rotatable bonds is 9. The molecule has 0 bridgehead atoms. The lowest BCUT2D eigenvalue weighted by Crippen LogP contribution is -2.30. The summed E-state index contributed by atoms with van der Waals surface area (Å²) in [5.41, 5.74) is 0.961. The van der Waals surface area contributed by atoms with Gasteiger partial charge in [0.05, 0.1) is 4.90 Å². The SMILES string of the molecule is CCN(CC)S(=O)(=O)c1ccc(CCC(=O)NCC(C)C)cc1. The van der Waals surface area contributed by atoms with Crippen molar-refractivity contribution in [1.29, 1.82) is 0 Å². The molecule has 1 amide bonds. The average Bonchev–Trinajstić information content (AvgIpc) is 2.52. The number of hydrogen-bond donors (Lipinski definition) is 1. The van der Waals surface area contributed by atoms with Crippen molar-refractivity contribution in [3.63, 3.8) is 0 Å². The van der Waals surface area contributed by atoms with Gasteiger partial charge in [-0.3, -0.25) is 4.79 Å². The standard InChI is InChI=1S/C17H28N2O3S/c1-5-19(6-2)23(21,22)16-10-7-15(8-11-16)9-12-17(20)18-13-14(3)4/h7-8,10-11,14H,5-6,9,12-13H2,1-4H3,(H,18,20). The van der Waals surface area contributed by atoms with E-state index in [1.54, 1.807) is 24.3 Å². The lowest BCUT2D eigenvalue weighted by Gasteiger charge is -2.18. The first kappa shape index (κ1) is 19.6. The molecule has 0 fully saturated rings. The topological polar surface area (TPSA) is 66.5 Å². The van der Waals surface area contributed by atoms with Gasteiger partial charge in [-0.1, -0.05) is 39.8 Å². The van der Waals surface area contributed by atoms with E-state index < -0.39 is 10.0 Å². The summed E-state index contributed by atoms with van der Waals surface area (Å²) in [4.78, 5) is 12.0. The molecule has 0 aliphatic carbocycles. The second-order valence-electron chi connectivity index (χ2n) is 5.93. The summed E-state index contributed by atoms with van der Waals surface area (Å²) in [6.07, 6.45) is 1.02. The minimum absolute atomic E-state index is 0.0264. The van der Waals surface area contributed by atoms with Crippen molar-refractivity contribution >= 4 is 15.9 Å². The zero-order valence-electron chi connectivity index (χ0n) is 14.5. The highest BCUT2D eigenvalue weighted by atomic mass is 32.2. The molecule has 0 saturated carbocycles. The van der Waals surface area contributed by atoms with Gasteiger partial charge in [0, 0.05) is 26.1 Å². The zero-order chi connectivity index (χ0) is 17.5. The van der Waals surface area contributed by atoms with Crippen LogP contribution in [0.1, 0.15) is 39.7 Å². The van der Waals surface area contributed by atoms with Crippen molar-refractivity contribution in [2.75, 3.05) is 19.6 Å². The van der Waals surface area contributed by atoms with Crippen LogP contribution in [0.4, 0.5) is 0 Å². The highest BCUT2D eigenvalue weighted by molar-refractivity contribution is 7.89. The fourth-order valence-electron chi connectivity index (χ4n) is 2.20. The maximum atomic E-state index is 12.4. The second-order valence-corrected chi connectivity index (χ2v) is 7.87. The van der Waals surface area contributed by atoms with Crippen molar-refractivity contribution < 1.29 is 13.2 Å². The van der Waals surface area contributed by atoms with Crippen molar-refractivity contribution in [2.24, 2.45) is 5.92 Å². The van der Waals surface area contributed by atoms with E-state index in [0.29, 0.717) is 43.3 Å². The number of hydrogen-bond acceptors (Lipinski definition) is 3. The van der Waals surface area contributed by atoms with E-state index in [2.05, 4.69) is 19.2 Å². The molecule has 5 nitrogen and oxygen atoms in total. The number of benzene rings is 1. The third-order valence-corrected chi connectivity index (χ3v) is 5.68. The Kier molecular flexibility index (Phi) is 7.72. The number of carbonyl (C=O) groups excluding carboxylic acids is 1. The molecule has 1 N–H and O–H groups in total. The Hall–Kier alpha value is -1.40. The summed E-state index contributed by atoms with van der Waals surface area (Å²) >= 11 is 0. The molecule has 0 aliphatic rings. The minimum atomic E-state index is -3.41.